The molecule has 0 bridgehead atoms. The van der Waals surface area contributed by atoms with E-state index in [2.05, 4.69) is 4.74 Å². The fourth-order valence-corrected chi connectivity index (χ4v) is 2.24. The molecule has 0 fully saturated rings. The summed E-state index contributed by atoms with van der Waals surface area (Å²) in [6.45, 7) is 1.53. The zero-order valence-electron chi connectivity index (χ0n) is 8.93. The lowest BCUT2D eigenvalue weighted by Gasteiger charge is -2.08. The summed E-state index contributed by atoms with van der Waals surface area (Å²) in [5, 5.41) is 8.34. The standard InChI is InChI=1S/C10H11NO4S/c1-3-16(12,13)10-6-8(15-7-11)4-5-9(10)14-2/h4-6H,3H2,1-2H3. The van der Waals surface area contributed by atoms with Crippen molar-refractivity contribution >= 4 is 9.84 Å². The fourth-order valence-electron chi connectivity index (χ4n) is 1.17. The first-order valence-electron chi connectivity index (χ1n) is 4.52. The number of sulfone groups is 1. The molecule has 0 saturated carbocycles. The van der Waals surface area contributed by atoms with E-state index in [1.54, 1.807) is 0 Å². The molecular weight excluding hydrogens is 230 g/mol. The molecule has 0 unspecified atom stereocenters. The van der Waals surface area contributed by atoms with Gasteiger partial charge >= 0.3 is 0 Å². The minimum Gasteiger partial charge on any atom is -0.495 e. The van der Waals surface area contributed by atoms with Crippen molar-refractivity contribution in [2.45, 2.75) is 11.8 Å². The van der Waals surface area contributed by atoms with Gasteiger partial charge in [0.05, 0.1) is 12.9 Å². The molecule has 1 aromatic carbocycles. The molecule has 0 saturated heterocycles. The molecule has 0 heterocycles. The number of hydrogen-bond donors (Lipinski definition) is 0. The molecule has 0 radical (unpaired) electrons. The van der Waals surface area contributed by atoms with Crippen LogP contribution in [0.4, 0.5) is 0 Å². The average molecular weight is 241 g/mol. The predicted octanol–water partition coefficient (Wildman–Crippen LogP) is 1.35. The van der Waals surface area contributed by atoms with Gasteiger partial charge in [0.1, 0.15) is 16.4 Å². The Kier molecular flexibility index (Phi) is 3.74. The van der Waals surface area contributed by atoms with E-state index in [4.69, 9.17) is 10.00 Å². The molecule has 0 aliphatic carbocycles. The third kappa shape index (κ3) is 2.44. The van der Waals surface area contributed by atoms with E-state index in [9.17, 15) is 8.42 Å². The molecule has 5 nitrogen and oxygen atoms in total. The van der Waals surface area contributed by atoms with Crippen LogP contribution in [-0.4, -0.2) is 21.3 Å². The van der Waals surface area contributed by atoms with E-state index in [0.29, 0.717) is 0 Å². The highest BCUT2D eigenvalue weighted by Crippen LogP contribution is 2.28. The summed E-state index contributed by atoms with van der Waals surface area (Å²) in [5.41, 5.74) is 0. The third-order valence-electron chi connectivity index (χ3n) is 2.01. The number of ether oxygens (including phenoxy) is 2. The van der Waals surface area contributed by atoms with Crippen LogP contribution in [0.3, 0.4) is 0 Å². The van der Waals surface area contributed by atoms with E-state index in [1.165, 1.54) is 38.5 Å². The van der Waals surface area contributed by atoms with Crippen LogP contribution in [0.15, 0.2) is 23.1 Å². The van der Waals surface area contributed by atoms with E-state index in [-0.39, 0.29) is 22.1 Å². The molecular formula is C10H11NO4S. The fraction of sp³-hybridized carbons (Fsp3) is 0.300. The first-order valence-corrected chi connectivity index (χ1v) is 6.17. The molecule has 0 aliphatic heterocycles. The van der Waals surface area contributed by atoms with E-state index in [1.807, 2.05) is 0 Å². The Hall–Kier alpha value is -1.74. The number of hydrogen-bond acceptors (Lipinski definition) is 5. The maximum absolute atomic E-state index is 11.7. The van der Waals surface area contributed by atoms with Crippen molar-refractivity contribution in [1.29, 1.82) is 5.26 Å². The van der Waals surface area contributed by atoms with Crippen molar-refractivity contribution in [2.24, 2.45) is 0 Å². The monoisotopic (exact) mass is 241 g/mol. The lowest BCUT2D eigenvalue weighted by Crippen LogP contribution is -2.06. The topological polar surface area (TPSA) is 76.4 Å². The SMILES string of the molecule is CCS(=O)(=O)c1cc(OC#N)ccc1OC. The molecule has 16 heavy (non-hydrogen) atoms. The maximum Gasteiger partial charge on any atom is 0.292 e. The van der Waals surface area contributed by atoms with Crippen LogP contribution in [0.2, 0.25) is 0 Å². The Morgan fingerprint density at radius 2 is 2.12 bits per heavy atom. The highest BCUT2D eigenvalue weighted by atomic mass is 32.2. The largest absolute Gasteiger partial charge is 0.495 e. The highest BCUT2D eigenvalue weighted by molar-refractivity contribution is 7.91. The van der Waals surface area contributed by atoms with Gasteiger partial charge in [0, 0.05) is 6.07 Å². The summed E-state index contributed by atoms with van der Waals surface area (Å²) in [5.74, 6) is 0.377. The zero-order chi connectivity index (χ0) is 12.2. The van der Waals surface area contributed by atoms with Gasteiger partial charge in [0.15, 0.2) is 9.84 Å². The number of methoxy groups -OCH3 is 1. The summed E-state index contributed by atoms with van der Waals surface area (Å²) >= 11 is 0. The van der Waals surface area contributed by atoms with Gasteiger partial charge in [-0.05, 0) is 12.1 Å². The van der Waals surface area contributed by atoms with Crippen molar-refractivity contribution in [3.63, 3.8) is 0 Å². The van der Waals surface area contributed by atoms with Crippen LogP contribution in [-0.2, 0) is 9.84 Å². The van der Waals surface area contributed by atoms with Crippen LogP contribution in [0, 0.1) is 11.5 Å². The second kappa shape index (κ2) is 4.86. The number of nitrogens with zero attached hydrogens (tertiary/aromatic N) is 1. The van der Waals surface area contributed by atoms with E-state index < -0.39 is 9.84 Å². The minimum absolute atomic E-state index is 0.0326. The molecule has 1 aromatic rings. The molecule has 0 spiro atoms. The Bertz CT molecular complexity index is 516. The first kappa shape index (κ1) is 12.3. The Balaban J connectivity index is 3.34. The van der Waals surface area contributed by atoms with Crippen LogP contribution in [0.5, 0.6) is 11.5 Å². The van der Waals surface area contributed by atoms with Crippen molar-refractivity contribution in [2.75, 3.05) is 12.9 Å². The molecule has 0 amide bonds. The average Bonchev–Trinajstić information content (AvgIpc) is 2.29. The van der Waals surface area contributed by atoms with Gasteiger partial charge in [-0.1, -0.05) is 6.92 Å². The summed E-state index contributed by atoms with van der Waals surface area (Å²) in [4.78, 5) is 0.0326. The Morgan fingerprint density at radius 3 is 2.62 bits per heavy atom. The first-order chi connectivity index (χ1) is 7.55. The van der Waals surface area contributed by atoms with Crippen LogP contribution in [0.1, 0.15) is 6.92 Å². The van der Waals surface area contributed by atoms with Crippen molar-refractivity contribution in [3.05, 3.63) is 18.2 Å². The van der Waals surface area contributed by atoms with Gasteiger partial charge in [-0.2, -0.15) is 0 Å². The summed E-state index contributed by atoms with van der Waals surface area (Å²) in [6, 6.07) is 4.20. The second-order valence-electron chi connectivity index (χ2n) is 2.91. The van der Waals surface area contributed by atoms with Gasteiger partial charge in [0.25, 0.3) is 6.26 Å². The van der Waals surface area contributed by atoms with Gasteiger partial charge in [0.2, 0.25) is 0 Å². The maximum atomic E-state index is 11.7. The number of benzene rings is 1. The van der Waals surface area contributed by atoms with Crippen LogP contribution >= 0.6 is 0 Å². The lowest BCUT2D eigenvalue weighted by atomic mass is 10.3. The molecule has 0 N–H and O–H groups in total. The zero-order valence-corrected chi connectivity index (χ0v) is 9.74. The molecule has 0 aromatic heterocycles. The third-order valence-corrected chi connectivity index (χ3v) is 3.76. The van der Waals surface area contributed by atoms with Crippen LogP contribution in [0.25, 0.3) is 0 Å². The van der Waals surface area contributed by atoms with Crippen molar-refractivity contribution in [3.8, 4) is 17.8 Å². The summed E-state index contributed by atoms with van der Waals surface area (Å²) in [6.07, 6.45) is 1.48. The normalized spacial score (nSPS) is 10.6. The second-order valence-corrected chi connectivity index (χ2v) is 5.16. The minimum atomic E-state index is -3.40. The number of nitriles is 1. The highest BCUT2D eigenvalue weighted by Gasteiger charge is 2.18. The van der Waals surface area contributed by atoms with Crippen molar-refractivity contribution in [1.82, 2.24) is 0 Å². The summed E-state index contributed by atoms with van der Waals surface area (Å²) in [7, 11) is -2.01. The number of rotatable bonds is 4. The van der Waals surface area contributed by atoms with E-state index >= 15 is 0 Å². The van der Waals surface area contributed by atoms with Gasteiger partial charge in [-0.15, -0.1) is 5.26 Å². The van der Waals surface area contributed by atoms with Crippen LogP contribution < -0.4 is 9.47 Å². The smallest absolute Gasteiger partial charge is 0.292 e. The van der Waals surface area contributed by atoms with Crippen molar-refractivity contribution < 1.29 is 17.9 Å². The van der Waals surface area contributed by atoms with Gasteiger partial charge < -0.3 is 9.47 Å². The van der Waals surface area contributed by atoms with Gasteiger partial charge in [-0.3, -0.25) is 0 Å². The Labute approximate surface area is 94.1 Å². The lowest BCUT2D eigenvalue weighted by molar-refractivity contribution is 0.400. The van der Waals surface area contributed by atoms with E-state index in [0.717, 1.165) is 0 Å². The molecule has 86 valence electrons. The predicted molar refractivity (Wildman–Crippen MR) is 57.0 cm³/mol. The molecule has 1 rings (SSSR count). The van der Waals surface area contributed by atoms with Gasteiger partial charge in [-0.25, -0.2) is 8.42 Å². The molecule has 0 aliphatic rings. The molecule has 0 atom stereocenters. The summed E-state index contributed by atoms with van der Waals surface area (Å²) < 4.78 is 33.0. The quantitative estimate of drug-likeness (QED) is 0.743. The molecule has 6 heteroatoms. The Morgan fingerprint density at radius 1 is 1.44 bits per heavy atom.